The third-order valence-corrected chi connectivity index (χ3v) is 2.66. The van der Waals surface area contributed by atoms with Crippen LogP contribution in [-0.2, 0) is 6.54 Å². The lowest BCUT2D eigenvalue weighted by Gasteiger charge is -2.13. The van der Waals surface area contributed by atoms with Crippen molar-refractivity contribution in [2.45, 2.75) is 13.5 Å². The van der Waals surface area contributed by atoms with Crippen LogP contribution in [0.15, 0.2) is 6.07 Å². The van der Waals surface area contributed by atoms with Gasteiger partial charge in [-0.25, -0.2) is 4.39 Å². The number of hydrogen-bond donors (Lipinski definition) is 2. The summed E-state index contributed by atoms with van der Waals surface area (Å²) < 4.78 is 27.1. The van der Waals surface area contributed by atoms with Crippen LogP contribution in [0.3, 0.4) is 0 Å². The molecule has 0 unspecified atom stereocenters. The first kappa shape index (κ1) is 11.9. The topological polar surface area (TPSA) is 39.3 Å². The molecule has 0 atom stereocenters. The predicted molar refractivity (Wildman–Crippen MR) is 62.0 cm³/mol. The molecule has 0 saturated carbocycles. The smallest absolute Gasteiger partial charge is 0.202 e. The second-order valence-corrected chi connectivity index (χ2v) is 4.43. The Labute approximate surface area is 97.7 Å². The van der Waals surface area contributed by atoms with Crippen LogP contribution in [0, 0.1) is 18.6 Å². The molecule has 0 amide bonds. The molecule has 5 heteroatoms. The normalized spacial score (nSPS) is 11.6. The molecule has 2 N–H and O–H groups in total. The van der Waals surface area contributed by atoms with Gasteiger partial charge in [0.05, 0.1) is 5.52 Å². The zero-order valence-corrected chi connectivity index (χ0v) is 9.93. The third kappa shape index (κ3) is 1.86. The molecule has 0 fully saturated rings. The number of aromatic nitrogens is 1. The number of nitrogens with zero attached hydrogens (tertiary/aromatic N) is 1. The maximum absolute atomic E-state index is 13.6. The van der Waals surface area contributed by atoms with Gasteiger partial charge in [0.1, 0.15) is 0 Å². The molecule has 0 aliphatic heterocycles. The molecule has 1 heterocycles. The summed E-state index contributed by atoms with van der Waals surface area (Å²) in [5, 5.41) is 10.2. The number of benzene rings is 1. The van der Waals surface area contributed by atoms with Crippen LogP contribution < -0.4 is 0 Å². The van der Waals surface area contributed by atoms with Crippen LogP contribution in [0.2, 0.25) is 0 Å². The molecule has 92 valence electrons. The number of phenolic OH excluding ortho intramolecular Hbond substituents is 1. The number of fused-ring (bicyclic) bond motifs is 1. The molecule has 0 spiro atoms. The van der Waals surface area contributed by atoms with Crippen molar-refractivity contribution < 1.29 is 13.9 Å². The zero-order chi connectivity index (χ0) is 12.7. The summed E-state index contributed by atoms with van der Waals surface area (Å²) in [6, 6.07) is 1.70. The highest BCUT2D eigenvalue weighted by atomic mass is 19.2. The Morgan fingerprint density at radius 1 is 1.29 bits per heavy atom. The quantitative estimate of drug-likeness (QED) is 0.846. The summed E-state index contributed by atoms with van der Waals surface area (Å²) in [4.78, 5) is 4.55. The van der Waals surface area contributed by atoms with Crippen LogP contribution in [-0.4, -0.2) is 29.1 Å². The van der Waals surface area contributed by atoms with Crippen molar-refractivity contribution in [1.82, 2.24) is 9.88 Å². The average Bonchev–Trinajstić information content (AvgIpc) is 2.63. The molecule has 2 aromatic rings. The van der Waals surface area contributed by atoms with Crippen LogP contribution in [0.25, 0.3) is 10.9 Å². The van der Waals surface area contributed by atoms with E-state index in [9.17, 15) is 13.9 Å². The molecule has 2 rings (SSSR count). The van der Waals surface area contributed by atoms with Gasteiger partial charge >= 0.3 is 0 Å². The fourth-order valence-electron chi connectivity index (χ4n) is 1.95. The Balaban J connectivity index is 2.79. The van der Waals surface area contributed by atoms with Crippen molar-refractivity contribution >= 4 is 10.9 Å². The first-order valence-corrected chi connectivity index (χ1v) is 5.24. The molecule has 0 aliphatic rings. The van der Waals surface area contributed by atoms with Gasteiger partial charge in [-0.2, -0.15) is 4.39 Å². The third-order valence-electron chi connectivity index (χ3n) is 2.66. The van der Waals surface area contributed by atoms with Crippen LogP contribution in [0.5, 0.6) is 5.75 Å². The van der Waals surface area contributed by atoms with Crippen molar-refractivity contribution in [3.8, 4) is 5.75 Å². The van der Waals surface area contributed by atoms with E-state index in [0.29, 0.717) is 17.5 Å². The van der Waals surface area contributed by atoms with Gasteiger partial charge in [-0.3, -0.25) is 0 Å². The van der Waals surface area contributed by atoms with Gasteiger partial charge in [0, 0.05) is 23.2 Å². The highest BCUT2D eigenvalue weighted by molar-refractivity contribution is 5.86. The van der Waals surface area contributed by atoms with E-state index in [1.807, 2.05) is 0 Å². The van der Waals surface area contributed by atoms with Gasteiger partial charge in [0.2, 0.25) is 5.82 Å². The monoisotopic (exact) mass is 240 g/mol. The van der Waals surface area contributed by atoms with E-state index < -0.39 is 17.4 Å². The minimum Gasteiger partial charge on any atom is -0.505 e. The van der Waals surface area contributed by atoms with E-state index in [0.717, 1.165) is 5.69 Å². The van der Waals surface area contributed by atoms with Crippen LogP contribution >= 0.6 is 0 Å². The van der Waals surface area contributed by atoms with Crippen LogP contribution in [0.1, 0.15) is 11.3 Å². The first-order chi connectivity index (χ1) is 7.91. The van der Waals surface area contributed by atoms with Crippen molar-refractivity contribution in [2.24, 2.45) is 0 Å². The van der Waals surface area contributed by atoms with Crippen LogP contribution in [0.4, 0.5) is 8.78 Å². The lowest BCUT2D eigenvalue weighted by Crippen LogP contribution is -2.11. The lowest BCUT2D eigenvalue weighted by atomic mass is 10.1. The largest absolute Gasteiger partial charge is 0.505 e. The number of aryl methyl sites for hydroxylation is 1. The Hall–Kier alpha value is -1.62. The summed E-state index contributed by atoms with van der Waals surface area (Å²) in [6.07, 6.45) is 0. The average molecular weight is 240 g/mol. The van der Waals surface area contributed by atoms with E-state index in [-0.39, 0.29) is 5.52 Å². The molecule has 3 nitrogen and oxygen atoms in total. The van der Waals surface area contributed by atoms with E-state index in [4.69, 9.17) is 0 Å². The second-order valence-electron chi connectivity index (χ2n) is 4.43. The molecule has 17 heavy (non-hydrogen) atoms. The van der Waals surface area contributed by atoms with Crippen molar-refractivity contribution in [2.75, 3.05) is 14.1 Å². The standard InChI is InChI=1S/C12H14F2N2O/c1-6-4-7-8(5-16(2)3)12(17)10(14)9(13)11(7)15-6/h4,15,17H,5H2,1-3H3. The van der Waals surface area contributed by atoms with Gasteiger partial charge in [0.25, 0.3) is 0 Å². The summed E-state index contributed by atoms with van der Waals surface area (Å²) in [7, 11) is 3.60. The van der Waals surface area contributed by atoms with Crippen molar-refractivity contribution in [3.05, 3.63) is 29.0 Å². The second kappa shape index (κ2) is 4.00. The summed E-state index contributed by atoms with van der Waals surface area (Å²) in [6.45, 7) is 2.10. The number of phenols is 1. The molecule has 0 saturated heterocycles. The number of rotatable bonds is 2. The van der Waals surface area contributed by atoms with Crippen molar-refractivity contribution in [1.29, 1.82) is 0 Å². The number of nitrogens with one attached hydrogen (secondary N) is 1. The van der Waals surface area contributed by atoms with Gasteiger partial charge < -0.3 is 15.0 Å². The fraction of sp³-hybridized carbons (Fsp3) is 0.333. The Kier molecular flexibility index (Phi) is 2.79. The summed E-state index contributed by atoms with van der Waals surface area (Å²) in [5.41, 5.74) is 1.23. The molecular formula is C12H14F2N2O. The van der Waals surface area contributed by atoms with Gasteiger partial charge in [-0.15, -0.1) is 0 Å². The number of halogens is 2. The minimum atomic E-state index is -1.20. The van der Waals surface area contributed by atoms with Gasteiger partial charge in [0.15, 0.2) is 11.6 Å². The first-order valence-electron chi connectivity index (χ1n) is 5.24. The Morgan fingerprint density at radius 3 is 2.53 bits per heavy atom. The van der Waals surface area contributed by atoms with Crippen molar-refractivity contribution in [3.63, 3.8) is 0 Å². The van der Waals surface area contributed by atoms with Gasteiger partial charge in [-0.1, -0.05) is 0 Å². The van der Waals surface area contributed by atoms with E-state index in [1.165, 1.54) is 0 Å². The summed E-state index contributed by atoms with van der Waals surface area (Å²) >= 11 is 0. The van der Waals surface area contributed by atoms with E-state index >= 15 is 0 Å². The highest BCUT2D eigenvalue weighted by Gasteiger charge is 2.21. The maximum Gasteiger partial charge on any atom is 0.202 e. The SMILES string of the molecule is Cc1cc2c(CN(C)C)c(O)c(F)c(F)c2[nH]1. The molecule has 1 aromatic carbocycles. The summed E-state index contributed by atoms with van der Waals surface area (Å²) in [5.74, 6) is -2.84. The zero-order valence-electron chi connectivity index (χ0n) is 9.93. The number of aromatic amines is 1. The maximum atomic E-state index is 13.6. The molecule has 1 aromatic heterocycles. The predicted octanol–water partition coefficient (Wildman–Crippen LogP) is 2.52. The van der Waals surface area contributed by atoms with Gasteiger partial charge in [-0.05, 0) is 27.1 Å². The number of aromatic hydroxyl groups is 1. The Morgan fingerprint density at radius 2 is 1.94 bits per heavy atom. The number of hydrogen-bond acceptors (Lipinski definition) is 2. The molecule has 0 radical (unpaired) electrons. The number of H-pyrrole nitrogens is 1. The molecular weight excluding hydrogens is 226 g/mol. The highest BCUT2D eigenvalue weighted by Crippen LogP contribution is 2.34. The Bertz CT molecular complexity index is 576. The minimum absolute atomic E-state index is 0.106. The molecule has 0 aliphatic carbocycles. The lowest BCUT2D eigenvalue weighted by molar-refractivity contribution is 0.369. The van der Waals surface area contributed by atoms with E-state index in [1.54, 1.807) is 32.0 Å². The van der Waals surface area contributed by atoms with E-state index in [2.05, 4.69) is 4.98 Å². The molecule has 0 bridgehead atoms. The fourth-order valence-corrected chi connectivity index (χ4v) is 1.95.